The monoisotopic (exact) mass is 416 g/mol. The number of sulfonamides is 1. The number of carbonyl (C=O) groups excluding carboxylic acids is 1. The van der Waals surface area contributed by atoms with Gasteiger partial charge in [-0.25, -0.2) is 8.42 Å². The van der Waals surface area contributed by atoms with E-state index >= 15 is 0 Å². The topological polar surface area (TPSA) is 124 Å². The molecule has 1 amide bonds. The average molecular weight is 416 g/mol. The van der Waals surface area contributed by atoms with Gasteiger partial charge >= 0.3 is 0 Å². The summed E-state index contributed by atoms with van der Waals surface area (Å²) < 4.78 is 30.7. The lowest BCUT2D eigenvalue weighted by Crippen LogP contribution is -2.42. The van der Waals surface area contributed by atoms with Crippen LogP contribution in [0.4, 0.5) is 11.4 Å². The molecule has 2 aromatic carbocycles. The van der Waals surface area contributed by atoms with Crippen LogP contribution in [-0.4, -0.2) is 43.8 Å². The number of amides is 1. The van der Waals surface area contributed by atoms with Gasteiger partial charge in [-0.15, -0.1) is 10.2 Å². The van der Waals surface area contributed by atoms with Crippen molar-refractivity contribution in [3.63, 3.8) is 0 Å². The van der Waals surface area contributed by atoms with E-state index in [1.807, 2.05) is 0 Å². The zero-order chi connectivity index (χ0) is 21.2. The maximum Gasteiger partial charge on any atom is 0.287 e. The predicted molar refractivity (Wildman–Crippen MR) is 109 cm³/mol. The van der Waals surface area contributed by atoms with E-state index in [1.165, 1.54) is 26.2 Å². The van der Waals surface area contributed by atoms with Crippen LogP contribution in [0.5, 0.6) is 11.6 Å². The van der Waals surface area contributed by atoms with Crippen LogP contribution in [0.25, 0.3) is 10.9 Å². The summed E-state index contributed by atoms with van der Waals surface area (Å²) in [6.45, 7) is 1.42. The molecule has 0 fully saturated rings. The number of anilines is 1. The Morgan fingerprint density at radius 1 is 1.17 bits per heavy atom. The number of ether oxygens (including phenoxy) is 1. The molecule has 0 aliphatic rings. The summed E-state index contributed by atoms with van der Waals surface area (Å²) in [5.41, 5.74) is 1.03. The van der Waals surface area contributed by atoms with Crippen LogP contribution in [0.15, 0.2) is 58.8 Å². The minimum atomic E-state index is -3.78. The van der Waals surface area contributed by atoms with Crippen molar-refractivity contribution >= 4 is 38.2 Å². The first-order chi connectivity index (χ1) is 13.7. The van der Waals surface area contributed by atoms with Gasteiger partial charge in [-0.2, -0.15) is 0 Å². The van der Waals surface area contributed by atoms with Gasteiger partial charge in [0.25, 0.3) is 5.91 Å². The Bertz CT molecular complexity index is 1170. The second kappa shape index (κ2) is 7.92. The molecule has 0 radical (unpaired) electrons. The minimum Gasteiger partial charge on any atom is -0.497 e. The third-order valence-electron chi connectivity index (χ3n) is 4.30. The van der Waals surface area contributed by atoms with Crippen molar-refractivity contribution in [2.75, 3.05) is 17.7 Å². The second-order valence-electron chi connectivity index (χ2n) is 6.34. The van der Waals surface area contributed by atoms with Gasteiger partial charge in [0, 0.05) is 5.39 Å². The summed E-state index contributed by atoms with van der Waals surface area (Å²) in [5, 5.41) is 18.1. The highest BCUT2D eigenvalue weighted by atomic mass is 32.2. The van der Waals surface area contributed by atoms with E-state index in [9.17, 15) is 18.3 Å². The van der Waals surface area contributed by atoms with E-state index in [1.54, 1.807) is 36.4 Å². The number of aromatic hydroxyl groups is 1. The van der Waals surface area contributed by atoms with Crippen LogP contribution in [0.3, 0.4) is 0 Å². The van der Waals surface area contributed by atoms with Crippen LogP contribution < -0.4 is 9.04 Å². The zero-order valence-corrected chi connectivity index (χ0v) is 16.8. The molecule has 0 aliphatic carbocycles. The Morgan fingerprint density at radius 3 is 2.45 bits per heavy atom. The van der Waals surface area contributed by atoms with Crippen LogP contribution in [-0.2, 0) is 14.8 Å². The molecule has 1 aromatic heterocycles. The van der Waals surface area contributed by atoms with Gasteiger partial charge in [-0.05, 0) is 37.3 Å². The highest BCUT2D eigenvalue weighted by Crippen LogP contribution is 2.35. The maximum absolute atomic E-state index is 12.6. The van der Waals surface area contributed by atoms with Crippen molar-refractivity contribution in [1.29, 1.82) is 0 Å². The number of fused-ring (bicyclic) bond motifs is 1. The number of hydrogen-bond acceptors (Lipinski definition) is 6. The van der Waals surface area contributed by atoms with Crippen molar-refractivity contribution in [3.8, 4) is 11.6 Å². The van der Waals surface area contributed by atoms with Crippen molar-refractivity contribution in [1.82, 2.24) is 4.98 Å². The fourth-order valence-electron chi connectivity index (χ4n) is 2.93. The molecule has 152 valence electrons. The fourth-order valence-corrected chi connectivity index (χ4v) is 4.10. The van der Waals surface area contributed by atoms with Gasteiger partial charge in [0.05, 0.1) is 24.6 Å². The third-order valence-corrected chi connectivity index (χ3v) is 5.54. The first kappa shape index (κ1) is 20.3. The molecule has 1 heterocycles. The van der Waals surface area contributed by atoms with Crippen LogP contribution in [0.2, 0.25) is 0 Å². The van der Waals surface area contributed by atoms with E-state index in [4.69, 9.17) is 4.74 Å². The first-order valence-electron chi connectivity index (χ1n) is 8.61. The normalized spacial score (nSPS) is 12.9. The van der Waals surface area contributed by atoms with E-state index < -0.39 is 22.0 Å². The number of aromatic nitrogens is 1. The number of aromatic amines is 1. The van der Waals surface area contributed by atoms with Crippen LogP contribution in [0, 0.1) is 0 Å². The number of methoxy groups -OCH3 is 1. The lowest BCUT2D eigenvalue weighted by molar-refractivity contribution is -0.119. The van der Waals surface area contributed by atoms with Gasteiger partial charge in [-0.3, -0.25) is 9.10 Å². The summed E-state index contributed by atoms with van der Waals surface area (Å²) in [5.74, 6) is -0.461. The number of nitrogens with zero attached hydrogens (tertiary/aromatic N) is 3. The summed E-state index contributed by atoms with van der Waals surface area (Å²) in [6.07, 6.45) is 1.00. The number of rotatable bonds is 6. The SMILES string of the molecule is COc1ccc(N(C(C)C(=O)N=Nc2c(O)[nH]c3ccccc23)S(C)(=O)=O)cc1. The molecule has 10 heteroatoms. The number of benzene rings is 2. The number of nitrogens with one attached hydrogen (secondary N) is 1. The summed E-state index contributed by atoms with van der Waals surface area (Å²) in [4.78, 5) is 15.3. The van der Waals surface area contributed by atoms with E-state index in [-0.39, 0.29) is 11.6 Å². The number of hydrogen-bond donors (Lipinski definition) is 2. The average Bonchev–Trinajstić information content (AvgIpc) is 3.00. The van der Waals surface area contributed by atoms with Crippen molar-refractivity contribution in [2.24, 2.45) is 10.2 Å². The largest absolute Gasteiger partial charge is 0.497 e. The molecule has 29 heavy (non-hydrogen) atoms. The molecule has 0 saturated heterocycles. The molecular weight excluding hydrogens is 396 g/mol. The molecule has 0 aliphatic heterocycles. The lowest BCUT2D eigenvalue weighted by Gasteiger charge is -2.26. The standard InChI is InChI=1S/C19H20N4O5S/c1-12(23(29(3,26)27)13-8-10-14(28-2)11-9-13)18(24)22-21-17-15-6-4-5-7-16(15)20-19(17)25/h4-12,20,25H,1-3H3. The maximum atomic E-state index is 12.6. The van der Waals surface area contributed by atoms with Crippen molar-refractivity contribution < 1.29 is 23.1 Å². The number of H-pyrrole nitrogens is 1. The Morgan fingerprint density at radius 2 is 1.83 bits per heavy atom. The lowest BCUT2D eigenvalue weighted by atomic mass is 10.2. The van der Waals surface area contributed by atoms with Gasteiger partial charge < -0.3 is 14.8 Å². The summed E-state index contributed by atoms with van der Waals surface area (Å²) in [6, 6.07) is 12.1. The van der Waals surface area contributed by atoms with Crippen molar-refractivity contribution in [2.45, 2.75) is 13.0 Å². The third kappa shape index (κ3) is 4.21. The van der Waals surface area contributed by atoms with Crippen LogP contribution >= 0.6 is 0 Å². The molecule has 0 bridgehead atoms. The summed E-state index contributed by atoms with van der Waals surface area (Å²) >= 11 is 0. The molecular formula is C19H20N4O5S. The Labute approximate surface area is 167 Å². The molecule has 9 nitrogen and oxygen atoms in total. The highest BCUT2D eigenvalue weighted by molar-refractivity contribution is 7.92. The second-order valence-corrected chi connectivity index (χ2v) is 8.20. The van der Waals surface area contributed by atoms with Gasteiger partial charge in [-0.1, -0.05) is 18.2 Å². The number of azo groups is 1. The quantitative estimate of drug-likeness (QED) is 0.596. The molecule has 1 unspecified atom stereocenters. The van der Waals surface area contributed by atoms with Gasteiger partial charge in [0.2, 0.25) is 15.9 Å². The summed E-state index contributed by atoms with van der Waals surface area (Å²) in [7, 11) is -2.29. The minimum absolute atomic E-state index is 0.108. The van der Waals surface area contributed by atoms with Crippen molar-refractivity contribution in [3.05, 3.63) is 48.5 Å². The van der Waals surface area contributed by atoms with Gasteiger partial charge in [0.1, 0.15) is 11.8 Å². The van der Waals surface area contributed by atoms with E-state index in [2.05, 4.69) is 15.2 Å². The molecule has 0 spiro atoms. The Kier molecular flexibility index (Phi) is 5.55. The number of para-hydroxylation sites is 1. The molecule has 1 atom stereocenters. The van der Waals surface area contributed by atoms with Crippen LogP contribution in [0.1, 0.15) is 6.92 Å². The predicted octanol–water partition coefficient (Wildman–Crippen LogP) is 3.35. The smallest absolute Gasteiger partial charge is 0.287 e. The number of carbonyl (C=O) groups is 1. The fraction of sp³-hybridized carbons (Fsp3) is 0.211. The van der Waals surface area contributed by atoms with E-state index in [0.29, 0.717) is 22.3 Å². The molecule has 2 N–H and O–H groups in total. The highest BCUT2D eigenvalue weighted by Gasteiger charge is 2.29. The first-order valence-corrected chi connectivity index (χ1v) is 10.5. The van der Waals surface area contributed by atoms with E-state index in [0.717, 1.165) is 10.6 Å². The Balaban J connectivity index is 1.91. The molecule has 0 saturated carbocycles. The zero-order valence-electron chi connectivity index (χ0n) is 16.0. The Hall–Kier alpha value is -3.40. The molecule has 3 rings (SSSR count). The van der Waals surface area contributed by atoms with Gasteiger partial charge in [0.15, 0.2) is 5.69 Å². The molecule has 3 aromatic rings.